The molecule has 20 heavy (non-hydrogen) atoms. The maximum absolute atomic E-state index is 13.4. The molecule has 0 aliphatic rings. The van der Waals surface area contributed by atoms with Crippen molar-refractivity contribution in [3.05, 3.63) is 39.7 Å². The van der Waals surface area contributed by atoms with Gasteiger partial charge in [-0.1, -0.05) is 0 Å². The smallest absolute Gasteiger partial charge is 0.270 e. The zero-order chi connectivity index (χ0) is 15.3. The summed E-state index contributed by atoms with van der Waals surface area (Å²) in [7, 11) is -3.38. The summed E-state index contributed by atoms with van der Waals surface area (Å²) in [5.74, 6) is -1.76. The van der Waals surface area contributed by atoms with Gasteiger partial charge in [0.2, 0.25) is 10.0 Å². The van der Waals surface area contributed by atoms with Crippen LogP contribution in [0.25, 0.3) is 0 Å². The van der Waals surface area contributed by atoms with E-state index in [0.29, 0.717) is 0 Å². The van der Waals surface area contributed by atoms with Gasteiger partial charge in [0.05, 0.1) is 16.7 Å². The summed E-state index contributed by atoms with van der Waals surface area (Å²) in [5, 5.41) is 12.8. The van der Waals surface area contributed by atoms with E-state index in [-0.39, 0.29) is 13.1 Å². The lowest BCUT2D eigenvalue weighted by Gasteiger charge is -2.06. The van der Waals surface area contributed by atoms with Gasteiger partial charge in [-0.05, 0) is 6.07 Å². The number of halogens is 1. The second-order valence-corrected chi connectivity index (χ2v) is 5.68. The van der Waals surface area contributed by atoms with Crippen LogP contribution in [0.1, 0.15) is 10.4 Å². The number of non-ortho nitro benzene ring substituents is 1. The maximum Gasteiger partial charge on any atom is 0.270 e. The summed E-state index contributed by atoms with van der Waals surface area (Å²) in [6.07, 6.45) is 0.953. The van der Waals surface area contributed by atoms with E-state index in [2.05, 4.69) is 10.0 Å². The first-order chi connectivity index (χ1) is 9.20. The molecule has 1 rings (SSSR count). The molecule has 0 heterocycles. The molecule has 0 atom stereocenters. The highest BCUT2D eigenvalue weighted by Gasteiger charge is 2.16. The summed E-state index contributed by atoms with van der Waals surface area (Å²) < 4.78 is 37.0. The molecule has 0 bridgehead atoms. The number of hydrogen-bond acceptors (Lipinski definition) is 5. The Kier molecular flexibility index (Phi) is 5.11. The molecular weight excluding hydrogens is 293 g/mol. The Balaban J connectivity index is 2.68. The van der Waals surface area contributed by atoms with Crippen molar-refractivity contribution in [3.8, 4) is 0 Å². The number of nitro benzene ring substituents is 1. The van der Waals surface area contributed by atoms with Gasteiger partial charge >= 0.3 is 0 Å². The highest BCUT2D eigenvalue weighted by Crippen LogP contribution is 2.16. The molecule has 2 N–H and O–H groups in total. The second kappa shape index (κ2) is 6.39. The van der Waals surface area contributed by atoms with Crippen molar-refractivity contribution < 1.29 is 22.5 Å². The second-order valence-electron chi connectivity index (χ2n) is 3.84. The van der Waals surface area contributed by atoms with Crippen LogP contribution in [0.15, 0.2) is 18.2 Å². The third-order valence-corrected chi connectivity index (χ3v) is 2.91. The zero-order valence-corrected chi connectivity index (χ0v) is 11.2. The van der Waals surface area contributed by atoms with E-state index >= 15 is 0 Å². The molecule has 1 amide bonds. The van der Waals surface area contributed by atoms with Gasteiger partial charge in [-0.15, -0.1) is 0 Å². The number of nitro groups is 1. The maximum atomic E-state index is 13.4. The number of rotatable bonds is 6. The average molecular weight is 305 g/mol. The number of hydrogen-bond donors (Lipinski definition) is 2. The van der Waals surface area contributed by atoms with Gasteiger partial charge in [-0.3, -0.25) is 14.9 Å². The van der Waals surface area contributed by atoms with Crippen LogP contribution < -0.4 is 10.0 Å². The van der Waals surface area contributed by atoms with Crippen LogP contribution in [0.3, 0.4) is 0 Å². The van der Waals surface area contributed by atoms with E-state index < -0.39 is 37.9 Å². The van der Waals surface area contributed by atoms with E-state index in [4.69, 9.17) is 0 Å². The fraction of sp³-hybridized carbons (Fsp3) is 0.300. The van der Waals surface area contributed by atoms with E-state index in [1.54, 1.807) is 0 Å². The molecular formula is C10H12FN3O5S. The Morgan fingerprint density at radius 1 is 1.40 bits per heavy atom. The van der Waals surface area contributed by atoms with Crippen LogP contribution in [0.4, 0.5) is 10.1 Å². The monoisotopic (exact) mass is 305 g/mol. The summed E-state index contributed by atoms with van der Waals surface area (Å²) >= 11 is 0. The number of amides is 1. The molecule has 0 radical (unpaired) electrons. The number of carbonyl (C=O) groups is 1. The molecule has 0 unspecified atom stereocenters. The van der Waals surface area contributed by atoms with Crippen LogP contribution in [0.5, 0.6) is 0 Å². The molecule has 0 spiro atoms. The van der Waals surface area contributed by atoms with Crippen molar-refractivity contribution in [2.24, 2.45) is 0 Å². The van der Waals surface area contributed by atoms with E-state index in [0.717, 1.165) is 24.5 Å². The molecule has 0 fully saturated rings. The molecule has 0 saturated carbocycles. The first-order valence-electron chi connectivity index (χ1n) is 5.37. The third kappa shape index (κ3) is 4.90. The summed E-state index contributed by atoms with van der Waals surface area (Å²) in [6.45, 7) is -0.144. The van der Waals surface area contributed by atoms with Gasteiger partial charge in [-0.25, -0.2) is 17.5 Å². The third-order valence-electron chi connectivity index (χ3n) is 2.18. The zero-order valence-electron chi connectivity index (χ0n) is 10.4. The standard InChI is InChI=1S/C10H12FN3O5S/c1-20(18,19)13-5-4-12-10(15)8-6-7(14(16)17)2-3-9(8)11/h2-3,6,13H,4-5H2,1H3,(H,12,15). The normalized spacial score (nSPS) is 11.1. The van der Waals surface area contributed by atoms with Gasteiger partial charge in [-0.2, -0.15) is 0 Å². The van der Waals surface area contributed by atoms with Crippen molar-refractivity contribution in [1.29, 1.82) is 0 Å². The lowest BCUT2D eigenvalue weighted by atomic mass is 10.1. The first kappa shape index (κ1) is 16.0. The van der Waals surface area contributed by atoms with E-state index in [1.165, 1.54) is 0 Å². The van der Waals surface area contributed by atoms with Gasteiger partial charge in [0.1, 0.15) is 5.82 Å². The molecule has 0 aliphatic carbocycles. The Morgan fingerprint density at radius 3 is 2.60 bits per heavy atom. The minimum absolute atomic E-state index is 0.0683. The largest absolute Gasteiger partial charge is 0.351 e. The Labute approximate surface area is 114 Å². The Morgan fingerprint density at radius 2 is 2.05 bits per heavy atom. The molecule has 1 aromatic carbocycles. The van der Waals surface area contributed by atoms with Crippen molar-refractivity contribution >= 4 is 21.6 Å². The van der Waals surface area contributed by atoms with Crippen LogP contribution in [0.2, 0.25) is 0 Å². The Bertz CT molecular complexity index is 632. The summed E-state index contributed by atoms with van der Waals surface area (Å²) in [6, 6.07) is 2.58. The van der Waals surface area contributed by atoms with Gasteiger partial charge in [0.25, 0.3) is 11.6 Å². The molecule has 0 saturated heterocycles. The van der Waals surface area contributed by atoms with Crippen molar-refractivity contribution in [2.45, 2.75) is 0 Å². The summed E-state index contributed by atoms with van der Waals surface area (Å²) in [5.41, 5.74) is -0.885. The molecule has 110 valence electrons. The summed E-state index contributed by atoms with van der Waals surface area (Å²) in [4.78, 5) is 21.4. The van der Waals surface area contributed by atoms with Crippen LogP contribution >= 0.6 is 0 Å². The van der Waals surface area contributed by atoms with Crippen molar-refractivity contribution in [3.63, 3.8) is 0 Å². The van der Waals surface area contributed by atoms with Gasteiger partial charge < -0.3 is 5.32 Å². The predicted octanol–water partition coefficient (Wildman–Crippen LogP) is 0.0129. The van der Waals surface area contributed by atoms with E-state index in [9.17, 15) is 27.7 Å². The topological polar surface area (TPSA) is 118 Å². The number of carbonyl (C=O) groups excluding carboxylic acids is 1. The number of sulfonamides is 1. The molecule has 1 aromatic rings. The molecule has 0 aromatic heterocycles. The minimum atomic E-state index is -3.38. The quantitative estimate of drug-likeness (QED) is 0.436. The molecule has 10 heteroatoms. The number of nitrogens with zero attached hydrogens (tertiary/aromatic N) is 1. The lowest BCUT2D eigenvalue weighted by Crippen LogP contribution is -2.34. The van der Waals surface area contributed by atoms with Crippen LogP contribution in [-0.4, -0.2) is 38.6 Å². The van der Waals surface area contributed by atoms with Crippen LogP contribution in [-0.2, 0) is 10.0 Å². The number of nitrogens with one attached hydrogen (secondary N) is 2. The van der Waals surface area contributed by atoms with E-state index in [1.807, 2.05) is 0 Å². The van der Waals surface area contributed by atoms with Crippen molar-refractivity contribution in [2.75, 3.05) is 19.3 Å². The van der Waals surface area contributed by atoms with Crippen LogP contribution in [0, 0.1) is 15.9 Å². The first-order valence-corrected chi connectivity index (χ1v) is 7.26. The highest BCUT2D eigenvalue weighted by molar-refractivity contribution is 7.88. The van der Waals surface area contributed by atoms with Crippen molar-refractivity contribution in [1.82, 2.24) is 10.0 Å². The fourth-order valence-corrected chi connectivity index (χ4v) is 1.78. The highest BCUT2D eigenvalue weighted by atomic mass is 32.2. The fourth-order valence-electron chi connectivity index (χ4n) is 1.31. The SMILES string of the molecule is CS(=O)(=O)NCCNC(=O)c1cc([N+](=O)[O-])ccc1F. The van der Waals surface area contributed by atoms with Gasteiger partial charge in [0, 0.05) is 25.2 Å². The molecule has 0 aliphatic heterocycles. The minimum Gasteiger partial charge on any atom is -0.351 e. The predicted molar refractivity (Wildman–Crippen MR) is 68.2 cm³/mol. The lowest BCUT2D eigenvalue weighted by molar-refractivity contribution is -0.384. The molecule has 8 nitrogen and oxygen atoms in total. The number of benzene rings is 1. The Hall–Kier alpha value is -2.07. The van der Waals surface area contributed by atoms with Gasteiger partial charge in [0.15, 0.2) is 0 Å². The average Bonchev–Trinajstić information content (AvgIpc) is 2.33.